The molecule has 262 valence electrons. The van der Waals surface area contributed by atoms with Gasteiger partial charge >= 0.3 is 5.97 Å². The van der Waals surface area contributed by atoms with E-state index in [0.29, 0.717) is 38.6 Å². The van der Waals surface area contributed by atoms with Crippen molar-refractivity contribution in [1.29, 1.82) is 0 Å². The van der Waals surface area contributed by atoms with Gasteiger partial charge in [0.25, 0.3) is 0 Å². The highest BCUT2D eigenvalue weighted by atomic mass is 16.4. The Morgan fingerprint density at radius 3 is 1.98 bits per heavy atom. The van der Waals surface area contributed by atoms with Gasteiger partial charge in [0.2, 0.25) is 23.6 Å². The van der Waals surface area contributed by atoms with Crippen molar-refractivity contribution in [3.8, 4) is 0 Å². The fourth-order valence-electron chi connectivity index (χ4n) is 4.86. The third kappa shape index (κ3) is 14.2. The molecule has 0 aliphatic carbocycles. The second-order valence-electron chi connectivity index (χ2n) is 11.2. The van der Waals surface area contributed by atoms with Gasteiger partial charge in [0.1, 0.15) is 24.2 Å². The molecule has 19 nitrogen and oxygen atoms in total. The van der Waals surface area contributed by atoms with E-state index in [1.165, 1.54) is 11.8 Å². The Balaban J connectivity index is 3.00. The van der Waals surface area contributed by atoms with Crippen molar-refractivity contribution >= 4 is 41.5 Å². The van der Waals surface area contributed by atoms with Gasteiger partial charge < -0.3 is 65.5 Å². The number of nitrogens with zero attached hydrogens (tertiary/aromatic N) is 3. The average Bonchev–Trinajstić information content (AvgIpc) is 3.48. The van der Waals surface area contributed by atoms with Gasteiger partial charge in [0, 0.05) is 19.6 Å². The van der Waals surface area contributed by atoms with E-state index in [1.54, 1.807) is 0 Å². The second kappa shape index (κ2) is 20.7. The van der Waals surface area contributed by atoms with E-state index >= 15 is 0 Å². The van der Waals surface area contributed by atoms with Crippen LogP contribution in [-0.2, 0) is 24.0 Å². The number of nitrogens with one attached hydrogen (secondary N) is 3. The molecule has 46 heavy (non-hydrogen) atoms. The largest absolute Gasteiger partial charge is 0.480 e. The number of carboxylic acid groups (broad SMARTS) is 1. The lowest BCUT2D eigenvalue weighted by atomic mass is 10.0. The molecule has 1 saturated heterocycles. The number of carbonyl (C=O) groups excluding carboxylic acids is 4. The molecule has 6 atom stereocenters. The first-order valence-corrected chi connectivity index (χ1v) is 15.4. The van der Waals surface area contributed by atoms with Crippen molar-refractivity contribution in [3.05, 3.63) is 0 Å². The van der Waals surface area contributed by atoms with Crippen LogP contribution < -0.4 is 50.4 Å². The molecule has 0 bridgehead atoms. The van der Waals surface area contributed by atoms with Crippen LogP contribution in [0.2, 0.25) is 0 Å². The number of rotatable bonds is 21. The summed E-state index contributed by atoms with van der Waals surface area (Å²) in [7, 11) is 0. The summed E-state index contributed by atoms with van der Waals surface area (Å²) in [4.78, 5) is 73.6. The molecule has 0 aromatic carbocycles. The van der Waals surface area contributed by atoms with E-state index in [9.17, 15) is 34.2 Å². The van der Waals surface area contributed by atoms with Gasteiger partial charge in [-0.2, -0.15) is 0 Å². The van der Waals surface area contributed by atoms with Crippen molar-refractivity contribution in [2.24, 2.45) is 44.4 Å². The van der Waals surface area contributed by atoms with Crippen LogP contribution in [0, 0.1) is 0 Å². The molecule has 0 radical (unpaired) electrons. The minimum absolute atomic E-state index is 0.0582. The highest BCUT2D eigenvalue weighted by Crippen LogP contribution is 2.20. The Bertz CT molecular complexity index is 1080. The molecule has 1 aliphatic rings. The average molecular weight is 657 g/mol. The lowest BCUT2D eigenvalue weighted by molar-refractivity contribution is -0.145. The monoisotopic (exact) mass is 656 g/mol. The van der Waals surface area contributed by atoms with Crippen LogP contribution in [0.5, 0.6) is 0 Å². The lowest BCUT2D eigenvalue weighted by Gasteiger charge is -2.31. The Morgan fingerprint density at radius 2 is 1.43 bits per heavy atom. The standard InChI is InChI=1S/C27H52N12O7/c1-15(40)20(38-21(41)16(29)7-4-12-34-26(30)31)23(43)36-17(8-2-3-11-28)24(44)39-14-6-10-19(39)22(42)37-18(25(45)46)9-5-13-35-27(32)33/h15-20,40H,2-14,28-29H2,1H3,(H,36,43)(H,37,42)(H,38,41)(H,45,46)(H4,30,31,34)(H4,32,33,35)/t15-,16+,17+,18+,19+,20+/m1/s1. The van der Waals surface area contributed by atoms with Gasteiger partial charge in [-0.3, -0.25) is 29.2 Å². The van der Waals surface area contributed by atoms with Crippen LogP contribution in [0.15, 0.2) is 9.98 Å². The number of unbranched alkanes of at least 4 members (excludes halogenated alkanes) is 1. The maximum Gasteiger partial charge on any atom is 0.326 e. The zero-order valence-electron chi connectivity index (χ0n) is 26.4. The van der Waals surface area contributed by atoms with E-state index < -0.39 is 65.9 Å². The Morgan fingerprint density at radius 1 is 0.848 bits per heavy atom. The van der Waals surface area contributed by atoms with E-state index in [-0.39, 0.29) is 57.2 Å². The number of aliphatic hydroxyl groups excluding tert-OH is 1. The van der Waals surface area contributed by atoms with Gasteiger partial charge in [-0.05, 0) is 71.3 Å². The van der Waals surface area contributed by atoms with Crippen LogP contribution in [-0.4, -0.2) is 119 Å². The van der Waals surface area contributed by atoms with Crippen molar-refractivity contribution in [2.45, 2.75) is 101 Å². The maximum atomic E-state index is 13.7. The number of hydrogen-bond donors (Lipinski definition) is 11. The number of aliphatic imine (C=N–C) groups is 2. The fourth-order valence-corrected chi connectivity index (χ4v) is 4.86. The highest BCUT2D eigenvalue weighted by Gasteiger charge is 2.39. The topological polar surface area (TPSA) is 346 Å². The summed E-state index contributed by atoms with van der Waals surface area (Å²) >= 11 is 0. The number of nitrogens with two attached hydrogens (primary N) is 6. The van der Waals surface area contributed by atoms with Crippen LogP contribution in [0.25, 0.3) is 0 Å². The predicted octanol–water partition coefficient (Wildman–Crippen LogP) is -4.54. The molecule has 4 amide bonds. The van der Waals surface area contributed by atoms with E-state index in [2.05, 4.69) is 25.9 Å². The number of aliphatic carboxylic acids is 1. The van der Waals surface area contributed by atoms with Crippen LogP contribution in [0.3, 0.4) is 0 Å². The number of hydrogen-bond acceptors (Lipinski definition) is 10. The van der Waals surface area contributed by atoms with E-state index in [1.807, 2.05) is 0 Å². The summed E-state index contributed by atoms with van der Waals surface area (Å²) in [5.41, 5.74) is 32.7. The summed E-state index contributed by atoms with van der Waals surface area (Å²) in [6.45, 7) is 2.28. The number of carboxylic acids is 1. The number of carbonyl (C=O) groups is 5. The third-order valence-corrected chi connectivity index (χ3v) is 7.33. The summed E-state index contributed by atoms with van der Waals surface area (Å²) in [5.74, 6) is -4.20. The second-order valence-corrected chi connectivity index (χ2v) is 11.2. The summed E-state index contributed by atoms with van der Waals surface area (Å²) < 4.78 is 0. The normalized spacial score (nSPS) is 17.5. The fraction of sp³-hybridized carbons (Fsp3) is 0.741. The zero-order chi connectivity index (χ0) is 34.8. The van der Waals surface area contributed by atoms with Crippen LogP contribution >= 0.6 is 0 Å². The number of aliphatic hydroxyl groups is 1. The molecule has 0 aromatic rings. The highest BCUT2D eigenvalue weighted by molar-refractivity contribution is 5.96. The quantitative estimate of drug-likeness (QED) is 0.0315. The minimum atomic E-state index is -1.44. The SMILES string of the molecule is C[C@@H](O)[C@H](NC(=O)[C@@H](N)CCCN=C(N)N)C(=O)N[C@@H](CCCCN)C(=O)N1CCC[C@H]1C(=O)N[C@@H](CCCN=C(N)N)C(=O)O. The third-order valence-electron chi connectivity index (χ3n) is 7.33. The van der Waals surface area contributed by atoms with Gasteiger partial charge in [-0.25, -0.2) is 4.79 Å². The van der Waals surface area contributed by atoms with Crippen molar-refractivity contribution in [3.63, 3.8) is 0 Å². The van der Waals surface area contributed by atoms with Crippen molar-refractivity contribution in [1.82, 2.24) is 20.9 Å². The molecular weight excluding hydrogens is 604 g/mol. The molecule has 1 rings (SSSR count). The first-order chi connectivity index (χ1) is 21.7. The molecule has 0 spiro atoms. The van der Waals surface area contributed by atoms with Gasteiger partial charge in [-0.15, -0.1) is 0 Å². The van der Waals surface area contributed by atoms with E-state index in [0.717, 1.165) is 0 Å². The Kier molecular flexibility index (Phi) is 17.9. The minimum Gasteiger partial charge on any atom is -0.480 e. The van der Waals surface area contributed by atoms with Gasteiger partial charge in [0.05, 0.1) is 12.1 Å². The molecular formula is C27H52N12O7. The summed E-state index contributed by atoms with van der Waals surface area (Å²) in [6, 6.07) is -5.77. The molecule has 0 aromatic heterocycles. The predicted molar refractivity (Wildman–Crippen MR) is 171 cm³/mol. The molecule has 1 fully saturated rings. The molecule has 0 saturated carbocycles. The van der Waals surface area contributed by atoms with Gasteiger partial charge in [-0.1, -0.05) is 0 Å². The smallest absolute Gasteiger partial charge is 0.326 e. The van der Waals surface area contributed by atoms with Crippen molar-refractivity contribution < 1.29 is 34.2 Å². The van der Waals surface area contributed by atoms with Crippen molar-refractivity contribution in [2.75, 3.05) is 26.2 Å². The number of amides is 4. The molecule has 1 aliphatic heterocycles. The van der Waals surface area contributed by atoms with Crippen LogP contribution in [0.4, 0.5) is 0 Å². The number of guanidine groups is 2. The van der Waals surface area contributed by atoms with E-state index in [4.69, 9.17) is 34.4 Å². The maximum absolute atomic E-state index is 13.7. The molecule has 1 heterocycles. The first kappa shape index (κ1) is 39.8. The molecule has 0 unspecified atom stereocenters. The van der Waals surface area contributed by atoms with Gasteiger partial charge in [0.15, 0.2) is 11.9 Å². The van der Waals surface area contributed by atoms with Crippen LogP contribution in [0.1, 0.15) is 64.7 Å². The zero-order valence-corrected chi connectivity index (χ0v) is 26.4. The summed E-state index contributed by atoms with van der Waals surface area (Å²) in [5, 5.41) is 27.5. The molecule has 19 heteroatoms. The Labute approximate surface area is 268 Å². The Hall–Kier alpha value is -4.23. The number of likely N-dealkylation sites (tertiary alicyclic amines) is 1. The molecule has 17 N–H and O–H groups in total. The summed E-state index contributed by atoms with van der Waals surface area (Å²) in [6.07, 6.45) is 1.54. The first-order valence-electron chi connectivity index (χ1n) is 15.4. The lowest BCUT2D eigenvalue weighted by Crippen LogP contribution is -2.60.